The molecule has 1 unspecified atom stereocenters. The van der Waals surface area contributed by atoms with Gasteiger partial charge in [0.05, 0.1) is 65.6 Å². The number of rotatable bonds is 29. The second kappa shape index (κ2) is 51.9. The molecule has 6 heterocycles. The number of fused-ring (bicyclic) bond motifs is 3. The van der Waals surface area contributed by atoms with Gasteiger partial charge in [-0.05, 0) is 181 Å². The molecule has 4 amide bonds. The zero-order chi connectivity index (χ0) is 102. The second-order valence-electron chi connectivity index (χ2n) is 32.9. The van der Waals surface area contributed by atoms with Crippen LogP contribution in [0.5, 0.6) is 17.2 Å². The Morgan fingerprint density at radius 2 is 0.849 bits per heavy atom. The predicted molar refractivity (Wildman–Crippen MR) is 495 cm³/mol. The van der Waals surface area contributed by atoms with E-state index in [1.807, 2.05) is 27.7 Å². The van der Waals surface area contributed by atoms with Crippen LogP contribution in [0.2, 0.25) is 0 Å². The molecule has 3 atom stereocenters. The number of benzene rings is 5. The number of oxazole rings is 3. The van der Waals surface area contributed by atoms with Crippen LogP contribution in [0.4, 0.5) is 75.8 Å². The fourth-order valence-corrected chi connectivity index (χ4v) is 12.0. The van der Waals surface area contributed by atoms with Crippen LogP contribution in [0.25, 0.3) is 67.1 Å². The van der Waals surface area contributed by atoms with Crippen molar-refractivity contribution < 1.29 is 166 Å². The summed E-state index contributed by atoms with van der Waals surface area (Å²) in [4.78, 5) is 97.5. The molecule has 0 aliphatic rings. The average molecular weight is 2240 g/mol. The number of carbonyl (C=O) groups excluding carboxylic acids is 4. The molecule has 11 rings (SSSR count). The van der Waals surface area contributed by atoms with Crippen LogP contribution in [-0.4, -0.2) is 147 Å². The van der Waals surface area contributed by atoms with Crippen molar-refractivity contribution in [1.29, 1.82) is 0 Å². The van der Waals surface area contributed by atoms with E-state index in [0.29, 0.717) is 39.0 Å². The molecule has 5 aromatic carbocycles. The van der Waals surface area contributed by atoms with Gasteiger partial charge in [-0.25, -0.2) is 80.8 Å². The number of ether oxygens (including phenoxy) is 8. The van der Waals surface area contributed by atoms with E-state index in [0.717, 1.165) is 55.0 Å². The number of pyridine rings is 3. The van der Waals surface area contributed by atoms with Crippen molar-refractivity contribution in [1.82, 2.24) is 51.2 Å². The maximum absolute atomic E-state index is 14.2. The van der Waals surface area contributed by atoms with Gasteiger partial charge in [0.15, 0.2) is 28.7 Å². The van der Waals surface area contributed by atoms with Gasteiger partial charge >= 0.3 is 92.2 Å². The number of hydrogen-bond acceptors (Lipinski definition) is 25. The molecule has 139 heavy (non-hydrogen) atoms. The van der Waals surface area contributed by atoms with Gasteiger partial charge in [0.2, 0.25) is 17.7 Å². The minimum absolute atomic E-state index is 0. The maximum atomic E-state index is 14.2. The summed E-state index contributed by atoms with van der Waals surface area (Å²) in [5, 5.41) is 30.7. The number of methoxy groups -OCH3 is 3. The number of aromatic carboxylic acids is 1. The fourth-order valence-electron chi connectivity index (χ4n) is 12.0. The van der Waals surface area contributed by atoms with Gasteiger partial charge in [-0.3, -0.25) is 4.79 Å². The molecule has 0 saturated heterocycles. The average Bonchev–Trinajstić information content (AvgIpc) is 1.71. The van der Waals surface area contributed by atoms with Gasteiger partial charge < -0.3 is 82.6 Å². The molecule has 0 bridgehead atoms. The Morgan fingerprint density at radius 3 is 1.20 bits per heavy atom. The van der Waals surface area contributed by atoms with E-state index in [2.05, 4.69) is 91.1 Å². The van der Waals surface area contributed by atoms with Crippen molar-refractivity contribution in [3.05, 3.63) is 195 Å². The molecule has 0 radical (unpaired) electrons. The van der Waals surface area contributed by atoms with Gasteiger partial charge in [0, 0.05) is 62.7 Å². The van der Waals surface area contributed by atoms with Crippen molar-refractivity contribution in [2.75, 3.05) is 54.4 Å². The molecule has 6 aromatic heterocycles. The van der Waals surface area contributed by atoms with E-state index in [1.165, 1.54) is 63.8 Å². The van der Waals surface area contributed by atoms with Crippen molar-refractivity contribution in [2.24, 2.45) is 0 Å². The fraction of sp³-hybridized carbons (Fsp3) is 0.424. The number of unbranched alkanes of at least 4 members (excludes halogenated alkanes) is 1. The normalized spacial score (nSPS) is 12.3. The Hall–Kier alpha value is -11.0. The number of nitrogens with zero attached hydrogens (tertiary/aromatic N) is 6. The summed E-state index contributed by atoms with van der Waals surface area (Å²) in [5.74, 6) is -6.20. The van der Waals surface area contributed by atoms with Crippen LogP contribution in [0.15, 0.2) is 122 Å². The van der Waals surface area contributed by atoms with Crippen LogP contribution >= 0.6 is 40.0 Å². The number of carbonyl (C=O) groups is 5. The zero-order valence-corrected chi connectivity index (χ0v) is 82.3. The Kier molecular flexibility index (Phi) is 44.3. The third-order valence-corrected chi connectivity index (χ3v) is 18.0. The second-order valence-corrected chi connectivity index (χ2v) is 44.7. The van der Waals surface area contributed by atoms with E-state index >= 15 is 0 Å². The molecule has 761 valence electrons. The summed E-state index contributed by atoms with van der Waals surface area (Å²) >= 11 is 4.74. The third-order valence-electron chi connectivity index (χ3n) is 18.0. The van der Waals surface area contributed by atoms with Crippen LogP contribution in [-0.2, 0) is 81.3 Å². The molecule has 0 saturated carbocycles. The van der Waals surface area contributed by atoms with Crippen LogP contribution in [0.3, 0.4) is 0 Å². The monoisotopic (exact) mass is 2240 g/mol. The Bertz CT molecular complexity index is 5970. The van der Waals surface area contributed by atoms with Crippen LogP contribution in [0, 0.1) is 23.3 Å². The van der Waals surface area contributed by atoms with E-state index in [-0.39, 0.29) is 155 Å². The molecule has 0 spiro atoms. The summed E-state index contributed by atoms with van der Waals surface area (Å²) in [6.45, 7) is 22.6. The first-order valence-electron chi connectivity index (χ1n) is 41.1. The number of alkyl halides is 10. The summed E-state index contributed by atoms with van der Waals surface area (Å²) in [6.07, 6.45) is -15.3. The minimum atomic E-state index is -4.74. The molecular weight excluding hydrogens is 2140 g/mol. The zero-order valence-electron chi connectivity index (χ0n) is 76.6. The number of aliphatic hydroxyl groups excluding tert-OH is 1. The predicted octanol–water partition coefficient (Wildman–Crippen LogP) is 23.9. The Morgan fingerprint density at radius 1 is 0.475 bits per heavy atom. The molecule has 0 aliphatic heterocycles. The number of amides is 4. The van der Waals surface area contributed by atoms with Gasteiger partial charge in [0.25, 0.3) is 5.91 Å². The van der Waals surface area contributed by atoms with E-state index in [1.54, 1.807) is 75.3 Å². The summed E-state index contributed by atoms with van der Waals surface area (Å²) in [7, 11) is 4.50. The number of aromatic nitrogens is 6. The topological polar surface area (TPSA) is 383 Å². The van der Waals surface area contributed by atoms with Crippen molar-refractivity contribution in [3.63, 3.8) is 0 Å². The number of alkyl carbamates (subject to hydrolysis) is 3. The van der Waals surface area contributed by atoms with Crippen molar-refractivity contribution in [2.45, 2.75) is 204 Å². The number of carboxylic acid groups (broad SMARTS) is 1. The molecule has 30 nitrogen and oxygen atoms in total. The first-order valence-corrected chi connectivity index (χ1v) is 50.1. The molecule has 6 N–H and O–H groups in total. The van der Waals surface area contributed by atoms with Crippen LogP contribution in [0.1, 0.15) is 215 Å². The van der Waals surface area contributed by atoms with Crippen LogP contribution < -0.4 is 35.5 Å². The Labute approximate surface area is 819 Å². The molecule has 0 aliphatic carbocycles. The van der Waals surface area contributed by atoms with Gasteiger partial charge in [-0.15, -0.1) is 0 Å². The van der Waals surface area contributed by atoms with Gasteiger partial charge in [-0.2, -0.15) is 39.5 Å². The quantitative estimate of drug-likeness (QED) is 0.00633. The summed E-state index contributed by atoms with van der Waals surface area (Å²) in [5.41, 5.74) is -6.75. The number of halogens is 16. The number of nitrogens with one attached hydrogen (secondary N) is 4. The number of aliphatic hydroxyl groups is 1. The molecular formula is C92H106F14I2N10O20V. The van der Waals surface area contributed by atoms with E-state index in [9.17, 15) is 95.7 Å². The van der Waals surface area contributed by atoms with E-state index < -0.39 is 161 Å². The molecule has 11 aromatic rings. The summed E-state index contributed by atoms with van der Waals surface area (Å²) in [6, 6.07) is 16.9. The molecule has 47 heteroatoms. The van der Waals surface area contributed by atoms with Crippen molar-refractivity contribution >= 4 is 103 Å². The SMILES string of the molecule is C.C.CCCCOC(=O)N[C@@H](CO)c1oc(-c2ccc(OC)c3nc(C(F)(F)F)ccc23)nc1C(=O)NCc1ccc(F)cc1F.CCOOCc1nc(-c2ccc(OC)c3nc(C(F)(F)F)ccc23)oc1C(COC(C)(C)C)NC(=O)OC(C)(C)C.COc1ccc(-c2nc(C(=O)O)c([C@H](COC(C)(C)C)NC(=O)OC(C)(C)C)o2)c2ccc(C(F)(F)F)nc12.FCc1ccc(F)cc1F.[I][V][I]. The number of hydrogen-bond donors (Lipinski definition) is 6. The van der Waals surface area contributed by atoms with Gasteiger partial charge in [-0.1, -0.05) is 40.3 Å². The molecule has 0 fully saturated rings. The summed E-state index contributed by atoms with van der Waals surface area (Å²) < 4.78 is 245. The standard InChI is InChI=1S/C29H27F5N4O6.C28H36F3N3O7.C26H30F3N3O7.C7H5F3.2CH4.2HI.V/c1-3-4-11-43-28(41)36-20(14-39)25-24(26(40)35-13-15-5-6-16(30)12-19(15)31)38-27(44-25)18-7-9-21(42-2)23-17(18)8-10-22(37-23)29(32,33)34;1-9-38-39-15-19-23(18(14-37-26(2,3)4)33-25(35)41-27(5,6)7)40-24(32-19)17-10-12-20(36-8)22-16(17)11-13-21(34-22)28(29,30)31;1-24(2,3)37-12-15(30-23(35)39-25(4,5)6)20-19(22(33)34)32-21(38-20)14-8-10-16(36-7)18-13(14)9-11-17(31-18)26(27,28)29;8-4-5-1-2-6(9)3-7(5)10;;;;;/h5-10,12,20,39H,3-4,11,13-14H2,1-2H3,(H,35,40)(H,36,41);10-13,18H,9,14-15H2,1-8H3,(H,33,35);8-11,15H,12H2,1-7H3,(H,30,35)(H,33,34);1-3H,4H2;2*1H4;2*1H;/q;;;;;;;;+2/p-2/t20-;;15-;;;;;;/m0.0....../s1. The van der Waals surface area contributed by atoms with Gasteiger partial charge in [0.1, 0.15) is 122 Å². The Balaban J connectivity index is 0.000000342. The first kappa shape index (κ1) is 118. The number of carboxylic acids is 1. The first-order chi connectivity index (χ1) is 64.0. The third kappa shape index (κ3) is 35.0. The van der Waals surface area contributed by atoms with Crippen molar-refractivity contribution in [3.8, 4) is 51.6 Å². The van der Waals surface area contributed by atoms with E-state index in [4.69, 9.17) is 60.9 Å².